The number of hydrogen-bond acceptors (Lipinski definition) is 7. The van der Waals surface area contributed by atoms with Crippen molar-refractivity contribution in [2.45, 2.75) is 0 Å². The van der Waals surface area contributed by atoms with Gasteiger partial charge in [0.2, 0.25) is 0 Å². The van der Waals surface area contributed by atoms with E-state index in [1.807, 2.05) is 91.0 Å². The van der Waals surface area contributed by atoms with Gasteiger partial charge in [0.05, 0.1) is 22.0 Å². The highest BCUT2D eigenvalue weighted by molar-refractivity contribution is 6.13. The van der Waals surface area contributed by atoms with Crippen LogP contribution in [0.2, 0.25) is 0 Å². The first kappa shape index (κ1) is 39.4. The van der Waals surface area contributed by atoms with Gasteiger partial charge in [-0.25, -0.2) is 19.9 Å². The van der Waals surface area contributed by atoms with E-state index in [9.17, 15) is 0 Å². The first-order chi connectivity index (χ1) is 34.6. The zero-order valence-corrected chi connectivity index (χ0v) is 37.3. The fourth-order valence-electron chi connectivity index (χ4n) is 9.78. The van der Waals surface area contributed by atoms with Gasteiger partial charge in [0.1, 0.15) is 33.4 Å². The molecule has 0 saturated carbocycles. The summed E-state index contributed by atoms with van der Waals surface area (Å²) in [5.41, 5.74) is 15.8. The maximum atomic E-state index is 6.43. The molecule has 0 aliphatic carbocycles. The monoisotopic (exact) mass is 893 g/mol. The van der Waals surface area contributed by atoms with Crippen molar-refractivity contribution in [3.8, 4) is 78.8 Å². The van der Waals surface area contributed by atoms with Crippen LogP contribution < -0.4 is 0 Å². The molecule has 0 spiro atoms. The average Bonchev–Trinajstić information content (AvgIpc) is 4.02. The molecule has 14 rings (SSSR count). The van der Waals surface area contributed by atoms with E-state index in [4.69, 9.17) is 33.8 Å². The van der Waals surface area contributed by atoms with Crippen molar-refractivity contribution < 1.29 is 8.83 Å². The molecule has 5 heterocycles. The van der Waals surface area contributed by atoms with Gasteiger partial charge in [0, 0.05) is 44.4 Å². The lowest BCUT2D eigenvalue weighted by atomic mass is 9.92. The van der Waals surface area contributed by atoms with Crippen molar-refractivity contribution >= 4 is 65.7 Å². The Balaban J connectivity index is 0.846. The summed E-state index contributed by atoms with van der Waals surface area (Å²) in [6.07, 6.45) is 1.80. The highest BCUT2D eigenvalue weighted by Gasteiger charge is 2.19. The van der Waals surface area contributed by atoms with Gasteiger partial charge in [-0.2, -0.15) is 0 Å². The third kappa shape index (κ3) is 6.66. The van der Waals surface area contributed by atoms with Crippen LogP contribution in [-0.2, 0) is 0 Å². The summed E-state index contributed by atoms with van der Waals surface area (Å²) >= 11 is 0. The molecule has 5 aromatic heterocycles. The van der Waals surface area contributed by atoms with Crippen molar-refractivity contribution in [1.82, 2.24) is 24.9 Å². The van der Waals surface area contributed by atoms with Gasteiger partial charge >= 0.3 is 0 Å². The Hall–Kier alpha value is -9.77. The largest absolute Gasteiger partial charge is 0.456 e. The maximum absolute atomic E-state index is 6.43. The summed E-state index contributed by atoms with van der Waals surface area (Å²) in [6, 6.07) is 77.2. The van der Waals surface area contributed by atoms with E-state index in [1.54, 1.807) is 6.20 Å². The van der Waals surface area contributed by atoms with Crippen LogP contribution in [0.4, 0.5) is 0 Å². The van der Waals surface area contributed by atoms with Crippen LogP contribution in [0.15, 0.2) is 221 Å². The smallest absolute Gasteiger partial charge is 0.167 e. The Morgan fingerprint density at radius 1 is 0.329 bits per heavy atom. The topological polar surface area (TPSA) is 90.7 Å². The van der Waals surface area contributed by atoms with Crippen LogP contribution in [0.25, 0.3) is 144 Å². The first-order valence-electron chi connectivity index (χ1n) is 23.1. The average molecular weight is 894 g/mol. The minimum atomic E-state index is 0.550. The van der Waals surface area contributed by atoms with Crippen LogP contribution in [0.1, 0.15) is 0 Å². The third-order valence-corrected chi connectivity index (χ3v) is 13.2. The first-order valence-corrected chi connectivity index (χ1v) is 23.1. The summed E-state index contributed by atoms with van der Waals surface area (Å²) in [6.45, 7) is 0. The minimum absolute atomic E-state index is 0.550. The molecule has 0 bridgehead atoms. The normalized spacial score (nSPS) is 11.6. The lowest BCUT2D eigenvalue weighted by Gasteiger charge is -2.13. The van der Waals surface area contributed by atoms with Crippen LogP contribution >= 0.6 is 0 Å². The summed E-state index contributed by atoms with van der Waals surface area (Å²) in [4.78, 5) is 25.0. The van der Waals surface area contributed by atoms with Gasteiger partial charge < -0.3 is 8.83 Å². The highest BCUT2D eigenvalue weighted by Crippen LogP contribution is 2.41. The predicted octanol–water partition coefficient (Wildman–Crippen LogP) is 16.0. The third-order valence-electron chi connectivity index (χ3n) is 13.2. The molecule has 0 N–H and O–H groups in total. The van der Waals surface area contributed by atoms with E-state index < -0.39 is 0 Å². The molecule has 0 amide bonds. The Kier molecular flexibility index (Phi) is 8.98. The minimum Gasteiger partial charge on any atom is -0.456 e. The molecule has 70 heavy (non-hydrogen) atoms. The molecule has 7 nitrogen and oxygen atoms in total. The number of fused-ring (bicyclic) bond motifs is 9. The van der Waals surface area contributed by atoms with Gasteiger partial charge in [-0.1, -0.05) is 152 Å². The molecule has 0 unspecified atom stereocenters. The number of hydrogen-bond donors (Lipinski definition) is 0. The zero-order valence-electron chi connectivity index (χ0n) is 37.3. The number of rotatable bonds is 7. The lowest BCUT2D eigenvalue weighted by molar-refractivity contribution is 0.669. The van der Waals surface area contributed by atoms with Crippen molar-refractivity contribution in [1.29, 1.82) is 0 Å². The molecule has 0 aliphatic rings. The second-order valence-corrected chi connectivity index (χ2v) is 17.4. The quantitative estimate of drug-likeness (QED) is 0.157. The van der Waals surface area contributed by atoms with E-state index >= 15 is 0 Å². The Morgan fingerprint density at radius 2 is 0.900 bits per heavy atom. The van der Waals surface area contributed by atoms with Gasteiger partial charge in [-0.15, -0.1) is 0 Å². The maximum Gasteiger partial charge on any atom is 0.167 e. The Bertz CT molecular complexity index is 4350. The van der Waals surface area contributed by atoms with Gasteiger partial charge in [-0.3, -0.25) is 4.98 Å². The van der Waals surface area contributed by atoms with Crippen molar-refractivity contribution in [3.63, 3.8) is 0 Å². The number of benzene rings is 8. The molecule has 0 saturated heterocycles. The number of furan rings is 2. The molecule has 0 fully saturated rings. The van der Waals surface area contributed by atoms with E-state index in [-0.39, 0.29) is 0 Å². The van der Waals surface area contributed by atoms with Gasteiger partial charge in [-0.05, 0) is 100 Å². The molecular weight excluding hydrogens is 859 g/mol. The van der Waals surface area contributed by atoms with E-state index in [0.29, 0.717) is 17.5 Å². The standard InChI is InChI=1S/C63H35N5O2/c1-2-11-43(12-3-1)61-66-62(68-63(67-61)52-18-8-17-50-49-14-4-6-19-54(49)70-60(50)52)44-30-26-39(27-31-44)38-22-24-40(25-23-38)45-35-46(48-16-9-21-56-57(48)51-15-5-7-20-55(51)69-56)37-47(36-45)53-33-32-42-29-28-41-13-10-34-64-58(41)59(42)65-53/h1-27,30-37H. The predicted molar refractivity (Wildman–Crippen MR) is 281 cm³/mol. The lowest BCUT2D eigenvalue weighted by Crippen LogP contribution is -2.00. The Labute approximate surface area is 401 Å². The summed E-state index contributed by atoms with van der Waals surface area (Å²) < 4.78 is 12.8. The summed E-state index contributed by atoms with van der Waals surface area (Å²) in [5, 5.41) is 5.99. The van der Waals surface area contributed by atoms with Crippen LogP contribution in [0.3, 0.4) is 0 Å². The summed E-state index contributed by atoms with van der Waals surface area (Å²) in [7, 11) is 0. The molecule has 7 heteroatoms. The second-order valence-electron chi connectivity index (χ2n) is 17.4. The second kappa shape index (κ2) is 15.9. The molecule has 9 aromatic carbocycles. The molecule has 0 atom stereocenters. The summed E-state index contributed by atoms with van der Waals surface area (Å²) in [5.74, 6) is 1.72. The van der Waals surface area contributed by atoms with E-state index in [1.165, 1.54) is 0 Å². The van der Waals surface area contributed by atoms with Crippen LogP contribution in [-0.4, -0.2) is 24.9 Å². The molecule has 0 radical (unpaired) electrons. The van der Waals surface area contributed by atoms with Gasteiger partial charge in [0.25, 0.3) is 0 Å². The van der Waals surface area contributed by atoms with E-state index in [2.05, 4.69) is 127 Å². The fourth-order valence-corrected chi connectivity index (χ4v) is 9.78. The fraction of sp³-hybridized carbons (Fsp3) is 0. The Morgan fingerprint density at radius 3 is 1.69 bits per heavy atom. The van der Waals surface area contributed by atoms with Gasteiger partial charge in [0.15, 0.2) is 17.5 Å². The number of nitrogens with zero attached hydrogens (tertiary/aromatic N) is 5. The number of pyridine rings is 2. The van der Waals surface area contributed by atoms with Crippen molar-refractivity contribution in [2.75, 3.05) is 0 Å². The number of para-hydroxylation sites is 3. The molecule has 0 aliphatic heterocycles. The molecule has 324 valence electrons. The number of aromatic nitrogens is 5. The van der Waals surface area contributed by atoms with Crippen molar-refractivity contribution in [2.24, 2.45) is 0 Å². The van der Waals surface area contributed by atoms with E-state index in [0.717, 1.165) is 127 Å². The SMILES string of the molecule is c1c2cccnc2c2nc(-c3cc(-c4ccc(-c5ccc(-c6nc(-c7ccccc7)nc(-c7cccc8c7oc7ccccc78)n6)cc5)cc4)cc(-c4cccc5oc6ccccc6c45)c3)ccc2c#1. The molecule has 14 aromatic rings. The molecular formula is C63H35N5O2. The van der Waals surface area contributed by atoms with Crippen LogP contribution in [0, 0.1) is 12.1 Å². The zero-order chi connectivity index (χ0) is 46.1. The van der Waals surface area contributed by atoms with Crippen molar-refractivity contribution in [3.05, 3.63) is 225 Å². The highest BCUT2D eigenvalue weighted by atomic mass is 16.3. The van der Waals surface area contributed by atoms with Crippen LogP contribution in [0.5, 0.6) is 0 Å².